The normalized spacial score (nSPS) is 10.7. The number of aromatic nitrogens is 4. The van der Waals surface area contributed by atoms with E-state index in [0.29, 0.717) is 22.4 Å². The fourth-order valence-corrected chi connectivity index (χ4v) is 3.81. The molecule has 0 bridgehead atoms. The molecule has 8 heteroatoms. The van der Waals surface area contributed by atoms with Crippen molar-refractivity contribution in [2.75, 3.05) is 5.32 Å². The van der Waals surface area contributed by atoms with Gasteiger partial charge in [0.15, 0.2) is 0 Å². The highest BCUT2D eigenvalue weighted by molar-refractivity contribution is 6.30. The topological polar surface area (TPSA) is 96.6 Å². The van der Waals surface area contributed by atoms with Crippen LogP contribution in [0.5, 0.6) is 0 Å². The van der Waals surface area contributed by atoms with E-state index in [1.165, 1.54) is 4.57 Å². The van der Waals surface area contributed by atoms with Gasteiger partial charge in [-0.15, -0.1) is 0 Å². The highest BCUT2D eigenvalue weighted by Crippen LogP contribution is 2.27. The summed E-state index contributed by atoms with van der Waals surface area (Å²) in [5, 5.41) is 11.7. The van der Waals surface area contributed by atoms with Crippen molar-refractivity contribution in [3.63, 3.8) is 0 Å². The van der Waals surface area contributed by atoms with E-state index < -0.39 is 0 Å². The molecule has 0 aliphatic carbocycles. The number of hydrogen-bond donors (Lipinski definition) is 2. The van der Waals surface area contributed by atoms with Crippen molar-refractivity contribution in [3.05, 3.63) is 118 Å². The molecule has 2 heterocycles. The van der Waals surface area contributed by atoms with Crippen LogP contribution < -0.4 is 10.9 Å². The molecule has 0 amide bonds. The Morgan fingerprint density at radius 3 is 2.26 bits per heavy atom. The summed E-state index contributed by atoms with van der Waals surface area (Å²) in [7, 11) is 0. The lowest BCUT2D eigenvalue weighted by Crippen LogP contribution is -2.26. The van der Waals surface area contributed by atoms with Crippen LogP contribution in [-0.2, 0) is 0 Å². The maximum Gasteiger partial charge on any atom is 0.269 e. The van der Waals surface area contributed by atoms with Crippen molar-refractivity contribution < 1.29 is 0 Å². The number of rotatable bonds is 6. The zero-order chi connectivity index (χ0) is 24.2. The van der Waals surface area contributed by atoms with E-state index in [1.54, 1.807) is 42.9 Å². The predicted octanol–water partition coefficient (Wildman–Crippen LogP) is 5.75. The molecule has 0 unspecified atom stereocenters. The molecule has 0 saturated carbocycles. The monoisotopic (exact) mass is 478 g/mol. The first-order valence-electron chi connectivity index (χ1n) is 10.8. The molecule has 3 aromatic carbocycles. The lowest BCUT2D eigenvalue weighted by Gasteiger charge is -2.17. The minimum Gasteiger partial charge on any atom is -0.339 e. The van der Waals surface area contributed by atoms with Gasteiger partial charge in [0.05, 0.1) is 17.6 Å². The molecule has 0 aliphatic rings. The summed E-state index contributed by atoms with van der Waals surface area (Å²) in [4.78, 5) is 26.9. The van der Waals surface area contributed by atoms with Crippen LogP contribution in [0.2, 0.25) is 5.02 Å². The molecule has 35 heavy (non-hydrogen) atoms. The van der Waals surface area contributed by atoms with Gasteiger partial charge in [-0.05, 0) is 36.4 Å². The van der Waals surface area contributed by atoms with Gasteiger partial charge in [0.25, 0.3) is 5.56 Å². The number of benzene rings is 3. The largest absolute Gasteiger partial charge is 0.339 e. The van der Waals surface area contributed by atoms with Gasteiger partial charge in [-0.3, -0.25) is 19.3 Å². The van der Waals surface area contributed by atoms with Gasteiger partial charge in [0.1, 0.15) is 17.2 Å². The zero-order valence-electron chi connectivity index (χ0n) is 18.4. The van der Waals surface area contributed by atoms with Crippen molar-refractivity contribution in [3.8, 4) is 28.3 Å². The molecule has 0 aliphatic heterocycles. The zero-order valence-corrected chi connectivity index (χ0v) is 19.1. The summed E-state index contributed by atoms with van der Waals surface area (Å²) >= 11 is 6.09. The van der Waals surface area contributed by atoms with E-state index in [2.05, 4.69) is 15.3 Å². The van der Waals surface area contributed by atoms with Crippen LogP contribution >= 0.6 is 11.6 Å². The van der Waals surface area contributed by atoms with Gasteiger partial charge >= 0.3 is 0 Å². The van der Waals surface area contributed by atoms with E-state index in [9.17, 15) is 4.79 Å². The summed E-state index contributed by atoms with van der Waals surface area (Å²) in [6.07, 6.45) is 5.98. The highest BCUT2D eigenvalue weighted by Gasteiger charge is 2.18. The maximum absolute atomic E-state index is 13.7. The molecule has 2 aromatic heterocycles. The van der Waals surface area contributed by atoms with Crippen LogP contribution in [0.4, 0.5) is 11.5 Å². The summed E-state index contributed by atoms with van der Waals surface area (Å²) in [5.74, 6) is 0.724. The van der Waals surface area contributed by atoms with Crippen LogP contribution in [0.15, 0.2) is 102 Å². The average Bonchev–Trinajstić information content (AvgIpc) is 2.90. The first-order chi connectivity index (χ1) is 17.1. The molecule has 7 nitrogen and oxygen atoms in total. The van der Waals surface area contributed by atoms with E-state index in [-0.39, 0.29) is 11.1 Å². The second-order valence-electron chi connectivity index (χ2n) is 7.62. The van der Waals surface area contributed by atoms with Crippen LogP contribution in [0, 0.1) is 5.41 Å². The molecule has 170 valence electrons. The first-order valence-corrected chi connectivity index (χ1v) is 11.1. The van der Waals surface area contributed by atoms with Gasteiger partial charge in [-0.2, -0.15) is 0 Å². The molecular formula is C27H19ClN6O. The summed E-state index contributed by atoms with van der Waals surface area (Å²) in [6.45, 7) is 0. The number of hydrogen-bond acceptors (Lipinski definition) is 6. The molecule has 2 N–H and O–H groups in total. The average molecular weight is 479 g/mol. The third-order valence-corrected chi connectivity index (χ3v) is 5.64. The molecule has 0 saturated heterocycles. The smallest absolute Gasteiger partial charge is 0.269 e. The quantitative estimate of drug-likeness (QED) is 0.303. The summed E-state index contributed by atoms with van der Waals surface area (Å²) < 4.78 is 1.49. The molecule has 0 fully saturated rings. The van der Waals surface area contributed by atoms with Gasteiger partial charge in [0, 0.05) is 40.4 Å². The Balaban J connectivity index is 1.70. The van der Waals surface area contributed by atoms with Crippen LogP contribution in [0.3, 0.4) is 0 Å². The Hall–Kier alpha value is -4.62. The van der Waals surface area contributed by atoms with E-state index in [4.69, 9.17) is 22.0 Å². The summed E-state index contributed by atoms with van der Waals surface area (Å²) in [6, 6.07) is 23.9. The van der Waals surface area contributed by atoms with Crippen LogP contribution in [0.1, 0.15) is 5.56 Å². The molecule has 0 spiro atoms. The minimum absolute atomic E-state index is 0.142. The lowest BCUT2D eigenvalue weighted by atomic mass is 10.1. The Morgan fingerprint density at radius 2 is 1.60 bits per heavy atom. The SMILES string of the molecule is N=Cc1c(Nc2ccccc2)nc(-c2ccc(-c3cnccn3)cc2)n(-c2ccc(Cl)cc2)c1=O. The number of para-hydroxylation sites is 1. The van der Waals surface area contributed by atoms with E-state index >= 15 is 0 Å². The van der Waals surface area contributed by atoms with Crippen molar-refractivity contribution in [2.24, 2.45) is 0 Å². The number of nitrogens with one attached hydrogen (secondary N) is 2. The van der Waals surface area contributed by atoms with Crippen LogP contribution in [0.25, 0.3) is 28.3 Å². The van der Waals surface area contributed by atoms with Crippen molar-refractivity contribution >= 4 is 29.3 Å². The second-order valence-corrected chi connectivity index (χ2v) is 8.05. The van der Waals surface area contributed by atoms with E-state index in [0.717, 1.165) is 28.7 Å². The van der Waals surface area contributed by atoms with Crippen molar-refractivity contribution in [2.45, 2.75) is 0 Å². The Morgan fingerprint density at radius 1 is 0.886 bits per heavy atom. The predicted molar refractivity (Wildman–Crippen MR) is 139 cm³/mol. The fraction of sp³-hybridized carbons (Fsp3) is 0. The highest BCUT2D eigenvalue weighted by atomic mass is 35.5. The van der Waals surface area contributed by atoms with Crippen molar-refractivity contribution in [1.82, 2.24) is 19.5 Å². The lowest BCUT2D eigenvalue weighted by molar-refractivity contribution is 0.948. The second kappa shape index (κ2) is 9.70. The van der Waals surface area contributed by atoms with Gasteiger partial charge < -0.3 is 10.7 Å². The third kappa shape index (κ3) is 4.58. The minimum atomic E-state index is -0.372. The Labute approximate surface area is 206 Å². The standard InChI is InChI=1S/C27H19ClN6O/c28-20-10-12-22(13-11-20)34-26(19-8-6-18(7-9-19)24-17-30-14-15-31-24)33-25(23(16-29)27(34)35)32-21-4-2-1-3-5-21/h1-17,29,32H. The molecular weight excluding hydrogens is 460 g/mol. The third-order valence-electron chi connectivity index (χ3n) is 5.39. The van der Waals surface area contributed by atoms with Crippen LogP contribution in [-0.4, -0.2) is 25.7 Å². The van der Waals surface area contributed by atoms with Crippen molar-refractivity contribution in [1.29, 1.82) is 5.41 Å². The van der Waals surface area contributed by atoms with Gasteiger partial charge in [-0.1, -0.05) is 54.1 Å². The molecule has 0 radical (unpaired) electrons. The number of nitrogens with zero attached hydrogens (tertiary/aromatic N) is 4. The molecule has 5 rings (SSSR count). The van der Waals surface area contributed by atoms with E-state index in [1.807, 2.05) is 54.6 Å². The Bertz CT molecular complexity index is 1530. The first kappa shape index (κ1) is 22.2. The van der Waals surface area contributed by atoms with Gasteiger partial charge in [-0.25, -0.2) is 4.98 Å². The molecule has 0 atom stereocenters. The number of halogens is 1. The van der Waals surface area contributed by atoms with Gasteiger partial charge in [0.2, 0.25) is 0 Å². The molecule has 5 aromatic rings. The number of anilines is 2. The fourth-order valence-electron chi connectivity index (χ4n) is 3.68. The Kier molecular flexibility index (Phi) is 6.15. The summed E-state index contributed by atoms with van der Waals surface area (Å²) in [5.41, 5.74) is 3.48. The maximum atomic E-state index is 13.7.